The van der Waals surface area contributed by atoms with E-state index in [4.69, 9.17) is 5.73 Å². The van der Waals surface area contributed by atoms with Crippen LogP contribution in [0.3, 0.4) is 0 Å². The van der Waals surface area contributed by atoms with Crippen molar-refractivity contribution >= 4 is 29.2 Å². The Labute approximate surface area is 132 Å². The lowest BCUT2D eigenvalue weighted by Gasteiger charge is -2.16. The van der Waals surface area contributed by atoms with Crippen LogP contribution in [0.4, 0.5) is 4.39 Å². The van der Waals surface area contributed by atoms with Gasteiger partial charge >= 0.3 is 0 Å². The molecule has 2 aromatic rings. The van der Waals surface area contributed by atoms with Crippen molar-refractivity contribution < 1.29 is 9.18 Å². The second kappa shape index (κ2) is 6.46. The van der Waals surface area contributed by atoms with Gasteiger partial charge < -0.3 is 16.0 Å². The molecule has 1 aliphatic rings. The number of nitrogens with two attached hydrogens (primary N) is 1. The quantitative estimate of drug-likeness (QED) is 0.797. The van der Waals surface area contributed by atoms with Gasteiger partial charge in [0.25, 0.3) is 5.91 Å². The number of rotatable bonds is 4. The number of carbonyl (C=O) groups is 1. The van der Waals surface area contributed by atoms with Crippen LogP contribution in [-0.4, -0.2) is 23.5 Å². The standard InChI is InChI=1S/C15H16FN3O2.ClH/c16-9-3-4-10-11(6-14(20)18-12(10)5-9)15(21)19-13(7-17)8-1-2-8;/h3-6,8,13H,1-2,7,17H2,(H,18,20)(H,19,21);1H. The smallest absolute Gasteiger partial charge is 0.252 e. The van der Waals surface area contributed by atoms with Gasteiger partial charge in [-0.15, -0.1) is 12.4 Å². The Morgan fingerprint density at radius 1 is 1.41 bits per heavy atom. The summed E-state index contributed by atoms with van der Waals surface area (Å²) in [4.78, 5) is 26.6. The zero-order chi connectivity index (χ0) is 15.0. The van der Waals surface area contributed by atoms with E-state index in [1.165, 1.54) is 24.3 Å². The van der Waals surface area contributed by atoms with Gasteiger partial charge in [0.1, 0.15) is 5.82 Å². The van der Waals surface area contributed by atoms with Crippen LogP contribution in [0.5, 0.6) is 0 Å². The number of aromatic nitrogens is 1. The molecule has 3 rings (SSSR count). The third kappa shape index (κ3) is 3.28. The molecule has 1 saturated carbocycles. The van der Waals surface area contributed by atoms with Crippen molar-refractivity contribution in [3.8, 4) is 0 Å². The van der Waals surface area contributed by atoms with E-state index in [2.05, 4.69) is 10.3 Å². The SMILES string of the molecule is Cl.NCC(NC(=O)c1cc(=O)[nH]c2cc(F)ccc12)C1CC1. The van der Waals surface area contributed by atoms with Gasteiger partial charge in [0, 0.05) is 24.0 Å². The second-order valence-electron chi connectivity index (χ2n) is 5.39. The van der Waals surface area contributed by atoms with Crippen LogP contribution in [0.1, 0.15) is 23.2 Å². The lowest BCUT2D eigenvalue weighted by atomic mass is 10.1. The number of hydrogen-bond acceptors (Lipinski definition) is 3. The number of pyridine rings is 1. The molecular formula is C15H17ClFN3O2. The van der Waals surface area contributed by atoms with Crippen molar-refractivity contribution in [3.05, 3.63) is 46.0 Å². The van der Waals surface area contributed by atoms with Gasteiger partial charge in [0.15, 0.2) is 0 Å². The minimum Gasteiger partial charge on any atom is -0.348 e. The molecule has 0 aliphatic heterocycles. The lowest BCUT2D eigenvalue weighted by molar-refractivity contribution is 0.0935. The number of hydrogen-bond donors (Lipinski definition) is 3. The van der Waals surface area contributed by atoms with E-state index in [-0.39, 0.29) is 29.9 Å². The third-order valence-electron chi connectivity index (χ3n) is 3.81. The molecule has 1 heterocycles. The van der Waals surface area contributed by atoms with Gasteiger partial charge in [-0.1, -0.05) is 0 Å². The van der Waals surface area contributed by atoms with E-state index in [9.17, 15) is 14.0 Å². The molecule has 1 aromatic carbocycles. The van der Waals surface area contributed by atoms with Gasteiger partial charge in [-0.05, 0) is 37.0 Å². The Balaban J connectivity index is 0.00000176. The first-order chi connectivity index (χ1) is 10.1. The maximum atomic E-state index is 13.2. The van der Waals surface area contributed by atoms with Gasteiger partial charge in [-0.3, -0.25) is 9.59 Å². The number of nitrogens with one attached hydrogen (secondary N) is 2. The Kier molecular flexibility index (Phi) is 4.83. The van der Waals surface area contributed by atoms with E-state index < -0.39 is 11.4 Å². The molecule has 1 fully saturated rings. The molecule has 7 heteroatoms. The first-order valence-electron chi connectivity index (χ1n) is 6.92. The summed E-state index contributed by atoms with van der Waals surface area (Å²) in [5, 5.41) is 3.38. The summed E-state index contributed by atoms with van der Waals surface area (Å²) in [6, 6.07) is 5.11. The highest BCUT2D eigenvalue weighted by molar-refractivity contribution is 6.06. The van der Waals surface area contributed by atoms with Crippen LogP contribution < -0.4 is 16.6 Å². The summed E-state index contributed by atoms with van der Waals surface area (Å²) in [5.41, 5.74) is 5.79. The maximum Gasteiger partial charge on any atom is 0.252 e. The fourth-order valence-corrected chi connectivity index (χ4v) is 2.53. The number of amides is 1. The first kappa shape index (κ1) is 16.5. The van der Waals surface area contributed by atoms with Gasteiger partial charge in [0.2, 0.25) is 5.56 Å². The van der Waals surface area contributed by atoms with Crippen LogP contribution in [0.2, 0.25) is 0 Å². The van der Waals surface area contributed by atoms with E-state index in [1.54, 1.807) is 0 Å². The fraction of sp³-hybridized carbons (Fsp3) is 0.333. The zero-order valence-corrected chi connectivity index (χ0v) is 12.6. The molecule has 1 aliphatic carbocycles. The van der Waals surface area contributed by atoms with Crippen molar-refractivity contribution in [2.75, 3.05) is 6.54 Å². The minimum atomic E-state index is -0.464. The number of carbonyl (C=O) groups excluding carboxylic acids is 1. The predicted molar refractivity (Wildman–Crippen MR) is 84.8 cm³/mol. The number of fused-ring (bicyclic) bond motifs is 1. The Hall–Kier alpha value is -1.92. The molecule has 22 heavy (non-hydrogen) atoms. The third-order valence-corrected chi connectivity index (χ3v) is 3.81. The van der Waals surface area contributed by atoms with Crippen LogP contribution in [0.25, 0.3) is 10.9 Å². The van der Waals surface area contributed by atoms with Crippen LogP contribution in [0.15, 0.2) is 29.1 Å². The summed E-state index contributed by atoms with van der Waals surface area (Å²) in [6.45, 7) is 0.367. The summed E-state index contributed by atoms with van der Waals surface area (Å²) < 4.78 is 13.2. The first-order valence-corrected chi connectivity index (χ1v) is 6.92. The Bertz CT molecular complexity index is 758. The molecular weight excluding hydrogens is 309 g/mol. The molecule has 4 N–H and O–H groups in total. The predicted octanol–water partition coefficient (Wildman–Crippen LogP) is 1.56. The van der Waals surface area contributed by atoms with Crippen LogP contribution in [0, 0.1) is 11.7 Å². The summed E-state index contributed by atoms with van der Waals surface area (Å²) in [6.07, 6.45) is 2.12. The van der Waals surface area contributed by atoms with E-state index in [0.29, 0.717) is 23.4 Å². The number of aromatic amines is 1. The van der Waals surface area contributed by atoms with Gasteiger partial charge in [-0.25, -0.2) is 4.39 Å². The van der Waals surface area contributed by atoms with Crippen LogP contribution in [-0.2, 0) is 0 Å². The van der Waals surface area contributed by atoms with Crippen LogP contribution >= 0.6 is 12.4 Å². The molecule has 1 aromatic heterocycles. The maximum absolute atomic E-state index is 13.2. The normalized spacial score (nSPS) is 15.2. The molecule has 1 unspecified atom stereocenters. The summed E-state index contributed by atoms with van der Waals surface area (Å²) >= 11 is 0. The van der Waals surface area contributed by atoms with E-state index in [1.807, 2.05) is 0 Å². The summed E-state index contributed by atoms with van der Waals surface area (Å²) in [7, 11) is 0. The topological polar surface area (TPSA) is 88.0 Å². The molecule has 0 saturated heterocycles. The molecule has 1 atom stereocenters. The average Bonchev–Trinajstić information content (AvgIpc) is 3.27. The fourth-order valence-electron chi connectivity index (χ4n) is 2.53. The number of halogens is 2. The lowest BCUT2D eigenvalue weighted by Crippen LogP contribution is -2.42. The highest BCUT2D eigenvalue weighted by Crippen LogP contribution is 2.32. The van der Waals surface area contributed by atoms with Gasteiger partial charge in [0.05, 0.1) is 11.1 Å². The van der Waals surface area contributed by atoms with E-state index in [0.717, 1.165) is 12.8 Å². The van der Waals surface area contributed by atoms with Crippen molar-refractivity contribution in [3.63, 3.8) is 0 Å². The summed E-state index contributed by atoms with van der Waals surface area (Å²) in [5.74, 6) is -0.391. The van der Waals surface area contributed by atoms with Crippen molar-refractivity contribution in [2.24, 2.45) is 11.7 Å². The molecule has 0 spiro atoms. The number of H-pyrrole nitrogens is 1. The Morgan fingerprint density at radius 2 is 2.14 bits per heavy atom. The molecule has 5 nitrogen and oxygen atoms in total. The van der Waals surface area contributed by atoms with Gasteiger partial charge in [-0.2, -0.15) is 0 Å². The Morgan fingerprint density at radius 3 is 2.77 bits per heavy atom. The monoisotopic (exact) mass is 325 g/mol. The average molecular weight is 326 g/mol. The highest BCUT2D eigenvalue weighted by atomic mass is 35.5. The van der Waals surface area contributed by atoms with Crippen molar-refractivity contribution in [1.82, 2.24) is 10.3 Å². The highest BCUT2D eigenvalue weighted by Gasteiger charge is 2.31. The molecule has 118 valence electrons. The molecule has 0 bridgehead atoms. The second-order valence-corrected chi connectivity index (χ2v) is 5.39. The molecule has 0 radical (unpaired) electrons. The zero-order valence-electron chi connectivity index (χ0n) is 11.8. The molecule has 1 amide bonds. The van der Waals surface area contributed by atoms with Crippen molar-refractivity contribution in [1.29, 1.82) is 0 Å². The minimum absolute atomic E-state index is 0. The largest absolute Gasteiger partial charge is 0.348 e. The van der Waals surface area contributed by atoms with E-state index >= 15 is 0 Å². The van der Waals surface area contributed by atoms with Crippen molar-refractivity contribution in [2.45, 2.75) is 18.9 Å². The number of benzene rings is 1.